The Hall–Kier alpha value is -1.28. The van der Waals surface area contributed by atoms with E-state index in [1.54, 1.807) is 0 Å². The molecular weight excluding hydrogens is 246 g/mol. The second-order valence-electron chi connectivity index (χ2n) is 2.76. The molecule has 0 unspecified atom stereocenters. The van der Waals surface area contributed by atoms with Gasteiger partial charge in [-0.3, -0.25) is 10.1 Å². The number of sulfone groups is 1. The normalized spacial score (nSPS) is 11.4. The fraction of sp³-hybridized carbons (Fsp3) is 0.333. The van der Waals surface area contributed by atoms with E-state index in [1.807, 2.05) is 0 Å². The molecule has 0 aliphatic heterocycles. The molecule has 82 valence electrons. The Bertz CT molecular complexity index is 504. The zero-order valence-corrected chi connectivity index (χ0v) is 9.33. The van der Waals surface area contributed by atoms with Crippen LogP contribution in [0.1, 0.15) is 5.69 Å². The molecule has 1 rings (SSSR count). The van der Waals surface area contributed by atoms with Crippen molar-refractivity contribution in [2.24, 2.45) is 0 Å². The third-order valence-corrected chi connectivity index (χ3v) is 2.62. The van der Waals surface area contributed by atoms with Gasteiger partial charge in [0.1, 0.15) is 5.69 Å². The summed E-state index contributed by atoms with van der Waals surface area (Å²) >= 11 is 5.48. The van der Waals surface area contributed by atoms with Gasteiger partial charge in [0.15, 0.2) is 0 Å². The number of hydrogen-bond acceptors (Lipinski definition) is 6. The van der Waals surface area contributed by atoms with E-state index in [0.29, 0.717) is 0 Å². The molecule has 0 aliphatic carbocycles. The number of nitro groups is 1. The predicted octanol–water partition coefficient (Wildman–Crippen LogP) is 0.750. The summed E-state index contributed by atoms with van der Waals surface area (Å²) in [6.07, 6.45) is 0.893. The van der Waals surface area contributed by atoms with Gasteiger partial charge in [0.2, 0.25) is 20.1 Å². The zero-order valence-electron chi connectivity index (χ0n) is 7.76. The second kappa shape index (κ2) is 3.70. The Labute approximate surface area is 90.2 Å². The highest BCUT2D eigenvalue weighted by molar-refractivity contribution is 7.90. The third kappa shape index (κ3) is 2.39. The van der Waals surface area contributed by atoms with Gasteiger partial charge in [-0.05, 0) is 6.92 Å². The van der Waals surface area contributed by atoms with Crippen molar-refractivity contribution in [3.63, 3.8) is 0 Å². The van der Waals surface area contributed by atoms with Crippen molar-refractivity contribution in [3.05, 3.63) is 21.0 Å². The van der Waals surface area contributed by atoms with E-state index < -0.39 is 30.8 Å². The van der Waals surface area contributed by atoms with E-state index in [-0.39, 0.29) is 5.69 Å². The zero-order chi connectivity index (χ0) is 11.8. The van der Waals surface area contributed by atoms with Gasteiger partial charge in [0.25, 0.3) is 0 Å². The molecule has 0 radical (unpaired) electrons. The number of hydrogen-bond donors (Lipinski definition) is 0. The van der Waals surface area contributed by atoms with Crippen LogP contribution in [0.3, 0.4) is 0 Å². The van der Waals surface area contributed by atoms with Gasteiger partial charge in [0, 0.05) is 6.26 Å². The molecule has 1 aromatic rings. The summed E-state index contributed by atoms with van der Waals surface area (Å²) in [6, 6.07) is 0. The first kappa shape index (κ1) is 11.8. The van der Waals surface area contributed by atoms with Crippen molar-refractivity contribution in [2.75, 3.05) is 6.26 Å². The number of halogens is 1. The molecule has 0 aliphatic rings. The van der Waals surface area contributed by atoms with Crippen LogP contribution in [-0.2, 0) is 9.84 Å². The smallest absolute Gasteiger partial charge is 0.258 e. The van der Waals surface area contributed by atoms with Crippen molar-refractivity contribution in [1.82, 2.24) is 9.97 Å². The van der Waals surface area contributed by atoms with Crippen LogP contribution in [0.5, 0.6) is 0 Å². The third-order valence-electron chi connectivity index (χ3n) is 1.51. The Morgan fingerprint density at radius 1 is 1.40 bits per heavy atom. The molecule has 7 nitrogen and oxygen atoms in total. The Morgan fingerprint density at radius 3 is 2.27 bits per heavy atom. The molecule has 0 spiro atoms. The van der Waals surface area contributed by atoms with Gasteiger partial charge < -0.3 is 0 Å². The number of aromatic nitrogens is 2. The number of nitrogens with zero attached hydrogens (tertiary/aromatic N) is 3. The second-order valence-corrected chi connectivity index (χ2v) is 5.03. The van der Waals surface area contributed by atoms with Crippen molar-refractivity contribution in [3.8, 4) is 0 Å². The lowest BCUT2D eigenvalue weighted by atomic mass is 10.4. The molecule has 0 aromatic carbocycles. The summed E-state index contributed by atoms with van der Waals surface area (Å²) in [6.45, 7) is 1.29. The quantitative estimate of drug-likeness (QED) is 0.333. The molecule has 1 heterocycles. The summed E-state index contributed by atoms with van der Waals surface area (Å²) in [7, 11) is -3.62. The lowest BCUT2D eigenvalue weighted by Gasteiger charge is -2.01. The van der Waals surface area contributed by atoms with Crippen molar-refractivity contribution in [2.45, 2.75) is 12.1 Å². The van der Waals surface area contributed by atoms with E-state index in [2.05, 4.69) is 9.97 Å². The number of rotatable bonds is 2. The fourth-order valence-electron chi connectivity index (χ4n) is 0.881. The highest BCUT2D eigenvalue weighted by atomic mass is 35.5. The van der Waals surface area contributed by atoms with Crippen LogP contribution in [-0.4, -0.2) is 29.6 Å². The molecule has 0 saturated heterocycles. The first-order valence-corrected chi connectivity index (χ1v) is 5.89. The lowest BCUT2D eigenvalue weighted by molar-refractivity contribution is -0.386. The maximum absolute atomic E-state index is 11.1. The maximum Gasteiger partial charge on any atom is 0.327 e. The SMILES string of the molecule is Cc1nc(S(C)(=O)=O)nc(Cl)c1[N+](=O)[O-]. The summed E-state index contributed by atoms with van der Waals surface area (Å²) < 4.78 is 22.1. The fourth-order valence-corrected chi connectivity index (χ4v) is 1.78. The van der Waals surface area contributed by atoms with Crippen LogP contribution in [0.2, 0.25) is 5.15 Å². The van der Waals surface area contributed by atoms with Crippen LogP contribution < -0.4 is 0 Å². The van der Waals surface area contributed by atoms with Crippen LogP contribution in [0.15, 0.2) is 5.16 Å². The lowest BCUT2D eigenvalue weighted by Crippen LogP contribution is -2.08. The minimum atomic E-state index is -3.62. The monoisotopic (exact) mass is 251 g/mol. The minimum absolute atomic E-state index is 0.0829. The molecular formula is C6H6ClN3O4S. The minimum Gasteiger partial charge on any atom is -0.258 e. The Balaban J connectivity index is 3.52. The molecule has 9 heteroatoms. The topological polar surface area (TPSA) is 103 Å². The first-order valence-electron chi connectivity index (χ1n) is 3.62. The van der Waals surface area contributed by atoms with Crippen LogP contribution in [0, 0.1) is 17.0 Å². The van der Waals surface area contributed by atoms with Gasteiger partial charge in [-0.25, -0.2) is 13.4 Å². The van der Waals surface area contributed by atoms with Crippen LogP contribution >= 0.6 is 11.6 Å². The van der Waals surface area contributed by atoms with E-state index in [1.165, 1.54) is 6.92 Å². The summed E-state index contributed by atoms with van der Waals surface area (Å²) in [5, 5.41) is 9.50. The van der Waals surface area contributed by atoms with E-state index in [4.69, 9.17) is 11.6 Å². The van der Waals surface area contributed by atoms with Crippen LogP contribution in [0.4, 0.5) is 5.69 Å². The van der Waals surface area contributed by atoms with Gasteiger partial charge in [-0.1, -0.05) is 11.6 Å². The first-order chi connectivity index (χ1) is 6.73. The summed E-state index contributed by atoms with van der Waals surface area (Å²) in [4.78, 5) is 16.6. The van der Waals surface area contributed by atoms with Gasteiger partial charge >= 0.3 is 5.69 Å². The molecule has 0 amide bonds. The average molecular weight is 252 g/mol. The standard InChI is InChI=1S/C6H6ClN3O4S/c1-3-4(10(11)12)5(7)9-6(8-3)15(2,13)14/h1-2H3. The van der Waals surface area contributed by atoms with Crippen molar-refractivity contribution >= 4 is 27.1 Å². The summed E-state index contributed by atoms with van der Waals surface area (Å²) in [5.41, 5.74) is -0.565. The molecule has 1 aromatic heterocycles. The molecule has 15 heavy (non-hydrogen) atoms. The average Bonchev–Trinajstić information content (AvgIpc) is 1.99. The van der Waals surface area contributed by atoms with E-state index in [9.17, 15) is 18.5 Å². The molecule has 0 fully saturated rings. The Morgan fingerprint density at radius 2 is 1.93 bits per heavy atom. The highest BCUT2D eigenvalue weighted by Crippen LogP contribution is 2.25. The molecule has 0 atom stereocenters. The van der Waals surface area contributed by atoms with Crippen molar-refractivity contribution in [1.29, 1.82) is 0 Å². The van der Waals surface area contributed by atoms with Gasteiger partial charge in [-0.15, -0.1) is 0 Å². The van der Waals surface area contributed by atoms with E-state index >= 15 is 0 Å². The van der Waals surface area contributed by atoms with Crippen molar-refractivity contribution < 1.29 is 13.3 Å². The Kier molecular flexibility index (Phi) is 2.91. The molecule has 0 N–H and O–H groups in total. The van der Waals surface area contributed by atoms with Gasteiger partial charge in [-0.2, -0.15) is 4.98 Å². The van der Waals surface area contributed by atoms with Crippen LogP contribution in [0.25, 0.3) is 0 Å². The summed E-state index contributed by atoms with van der Waals surface area (Å²) in [5.74, 6) is 0. The highest BCUT2D eigenvalue weighted by Gasteiger charge is 2.23. The van der Waals surface area contributed by atoms with Gasteiger partial charge in [0.05, 0.1) is 4.92 Å². The largest absolute Gasteiger partial charge is 0.327 e. The maximum atomic E-state index is 11.1. The molecule has 0 bridgehead atoms. The predicted molar refractivity (Wildman–Crippen MR) is 51.5 cm³/mol. The number of aryl methyl sites for hydroxylation is 1. The van der Waals surface area contributed by atoms with E-state index in [0.717, 1.165) is 6.26 Å². The molecule has 0 saturated carbocycles.